The van der Waals surface area contributed by atoms with Crippen LogP contribution in [0, 0.1) is 0 Å². The Kier molecular flexibility index (Phi) is 6.71. The fourth-order valence-electron chi connectivity index (χ4n) is 2.18. The Bertz CT molecular complexity index is 722. The zero-order valence-corrected chi connectivity index (χ0v) is 13.9. The van der Waals surface area contributed by atoms with E-state index in [0.717, 1.165) is 5.56 Å². The van der Waals surface area contributed by atoms with Crippen LogP contribution in [0.5, 0.6) is 11.5 Å². The maximum Gasteiger partial charge on any atom is 0.387 e. The lowest BCUT2D eigenvalue weighted by molar-refractivity contribution is -0.0512. The summed E-state index contributed by atoms with van der Waals surface area (Å²) in [7, 11) is 1.33. The number of ether oxygens (including phenoxy) is 3. The van der Waals surface area contributed by atoms with Gasteiger partial charge in [0.2, 0.25) is 0 Å². The van der Waals surface area contributed by atoms with Crippen LogP contribution in [0.2, 0.25) is 0 Å². The number of alkyl halides is 2. The molecule has 0 bridgehead atoms. The number of carbonyl (C=O) groups excluding carboxylic acids is 1. The summed E-state index contributed by atoms with van der Waals surface area (Å²) in [6.45, 7) is -0.229. The van der Waals surface area contributed by atoms with Gasteiger partial charge < -0.3 is 19.5 Å². The number of hydrogen-bond donors (Lipinski definition) is 1. The molecule has 5 nitrogen and oxygen atoms in total. The molecule has 0 radical (unpaired) electrons. The molecule has 0 atom stereocenters. The predicted molar refractivity (Wildman–Crippen MR) is 89.4 cm³/mol. The number of nitrogens with one attached hydrogen (secondary N) is 1. The van der Waals surface area contributed by atoms with Crippen LogP contribution in [0.25, 0.3) is 0 Å². The van der Waals surface area contributed by atoms with Gasteiger partial charge in [0.1, 0.15) is 0 Å². The third-order valence-electron chi connectivity index (χ3n) is 3.37. The number of benzene rings is 2. The maximum atomic E-state index is 12.5. The Hall–Kier alpha value is -2.67. The zero-order valence-electron chi connectivity index (χ0n) is 13.9. The van der Waals surface area contributed by atoms with Gasteiger partial charge in [0, 0.05) is 23.4 Å². The van der Waals surface area contributed by atoms with Gasteiger partial charge in [0.25, 0.3) is 5.91 Å². The van der Waals surface area contributed by atoms with E-state index in [1.54, 1.807) is 12.1 Å². The molecule has 0 aliphatic carbocycles. The van der Waals surface area contributed by atoms with Gasteiger partial charge in [-0.15, -0.1) is 0 Å². The lowest BCUT2D eigenvalue weighted by Gasteiger charge is -2.13. The van der Waals surface area contributed by atoms with Crippen molar-refractivity contribution in [1.29, 1.82) is 0 Å². The molecule has 2 aromatic rings. The van der Waals surface area contributed by atoms with Crippen LogP contribution in [-0.2, 0) is 11.3 Å². The highest BCUT2D eigenvalue weighted by atomic mass is 19.3. The standard InChI is InChI=1S/C18H19F2NO4/c1-3-24-11-13-6-4-5-7-14(13)21-17(22)12-8-9-15(23-2)16(10-12)25-18(19)20/h4-10,18H,3,11H2,1-2H3,(H,21,22). The largest absolute Gasteiger partial charge is 0.493 e. The van der Waals surface area contributed by atoms with E-state index >= 15 is 0 Å². The van der Waals surface area contributed by atoms with E-state index in [4.69, 9.17) is 9.47 Å². The summed E-state index contributed by atoms with van der Waals surface area (Å²) in [5.74, 6) is -0.535. The second-order valence-electron chi connectivity index (χ2n) is 4.99. The molecule has 0 spiro atoms. The van der Waals surface area contributed by atoms with Crippen LogP contribution in [0.3, 0.4) is 0 Å². The van der Waals surface area contributed by atoms with Gasteiger partial charge in [0.15, 0.2) is 11.5 Å². The van der Waals surface area contributed by atoms with Crippen LogP contribution < -0.4 is 14.8 Å². The highest BCUT2D eigenvalue weighted by molar-refractivity contribution is 6.05. The number of methoxy groups -OCH3 is 1. The Morgan fingerprint density at radius 1 is 1.16 bits per heavy atom. The van der Waals surface area contributed by atoms with Crippen LogP contribution in [0.4, 0.5) is 14.5 Å². The van der Waals surface area contributed by atoms with Crippen molar-refractivity contribution in [3.05, 3.63) is 53.6 Å². The molecule has 1 amide bonds. The van der Waals surface area contributed by atoms with Crippen LogP contribution in [0.15, 0.2) is 42.5 Å². The van der Waals surface area contributed by atoms with Crippen molar-refractivity contribution in [2.24, 2.45) is 0 Å². The number of halogens is 2. The monoisotopic (exact) mass is 351 g/mol. The quantitative estimate of drug-likeness (QED) is 0.778. The Morgan fingerprint density at radius 2 is 1.92 bits per heavy atom. The minimum atomic E-state index is -3.01. The lowest BCUT2D eigenvalue weighted by Crippen LogP contribution is -2.14. The van der Waals surface area contributed by atoms with Gasteiger partial charge in [0.05, 0.1) is 13.7 Å². The van der Waals surface area contributed by atoms with E-state index in [1.807, 2.05) is 19.1 Å². The minimum Gasteiger partial charge on any atom is -0.493 e. The number of para-hydroxylation sites is 1. The van der Waals surface area contributed by atoms with E-state index < -0.39 is 12.5 Å². The molecule has 0 saturated carbocycles. The lowest BCUT2D eigenvalue weighted by atomic mass is 10.1. The van der Waals surface area contributed by atoms with Gasteiger partial charge in [-0.05, 0) is 31.2 Å². The number of hydrogen-bond acceptors (Lipinski definition) is 4. The first-order chi connectivity index (χ1) is 12.0. The van der Waals surface area contributed by atoms with Crippen LogP contribution >= 0.6 is 0 Å². The highest BCUT2D eigenvalue weighted by Gasteiger charge is 2.15. The topological polar surface area (TPSA) is 56.8 Å². The van der Waals surface area contributed by atoms with Gasteiger partial charge in [-0.2, -0.15) is 8.78 Å². The first-order valence-corrected chi connectivity index (χ1v) is 7.65. The third-order valence-corrected chi connectivity index (χ3v) is 3.37. The number of amides is 1. The molecule has 25 heavy (non-hydrogen) atoms. The fraction of sp³-hybridized carbons (Fsp3) is 0.278. The predicted octanol–water partition coefficient (Wildman–Crippen LogP) is 4.09. The molecule has 1 N–H and O–H groups in total. The van der Waals surface area contributed by atoms with Crippen molar-refractivity contribution in [3.8, 4) is 11.5 Å². The molecular weight excluding hydrogens is 332 g/mol. The van der Waals surface area contributed by atoms with Crippen molar-refractivity contribution in [1.82, 2.24) is 0 Å². The molecule has 2 rings (SSSR count). The van der Waals surface area contributed by atoms with Crippen molar-refractivity contribution < 1.29 is 27.8 Å². The molecular formula is C18H19F2NO4. The summed E-state index contributed by atoms with van der Waals surface area (Å²) in [4.78, 5) is 12.4. The highest BCUT2D eigenvalue weighted by Crippen LogP contribution is 2.30. The molecule has 7 heteroatoms. The van der Waals surface area contributed by atoms with Crippen molar-refractivity contribution >= 4 is 11.6 Å². The minimum absolute atomic E-state index is 0.119. The van der Waals surface area contributed by atoms with E-state index in [-0.39, 0.29) is 17.1 Å². The second-order valence-corrected chi connectivity index (χ2v) is 4.99. The van der Waals surface area contributed by atoms with Crippen LogP contribution in [-0.4, -0.2) is 26.2 Å². The summed E-state index contributed by atoms with van der Waals surface area (Å²) in [6.07, 6.45) is 0. The summed E-state index contributed by atoms with van der Waals surface area (Å²) < 4.78 is 39.7. The fourth-order valence-corrected chi connectivity index (χ4v) is 2.18. The molecule has 0 saturated heterocycles. The summed E-state index contributed by atoms with van der Waals surface area (Å²) in [6, 6.07) is 11.3. The number of carbonyl (C=O) groups is 1. The summed E-state index contributed by atoms with van der Waals surface area (Å²) in [5, 5.41) is 2.75. The van der Waals surface area contributed by atoms with Gasteiger partial charge >= 0.3 is 6.61 Å². The average molecular weight is 351 g/mol. The van der Waals surface area contributed by atoms with Crippen molar-refractivity contribution in [3.63, 3.8) is 0 Å². The molecule has 0 aliphatic rings. The Balaban J connectivity index is 2.21. The smallest absolute Gasteiger partial charge is 0.387 e. The Morgan fingerprint density at radius 3 is 2.60 bits per heavy atom. The second kappa shape index (κ2) is 8.98. The molecule has 134 valence electrons. The van der Waals surface area contributed by atoms with Gasteiger partial charge in [-0.3, -0.25) is 4.79 Å². The van der Waals surface area contributed by atoms with Crippen LogP contribution in [0.1, 0.15) is 22.8 Å². The van der Waals surface area contributed by atoms with Crippen molar-refractivity contribution in [2.75, 3.05) is 19.0 Å². The summed E-state index contributed by atoms with van der Waals surface area (Å²) >= 11 is 0. The molecule has 0 fully saturated rings. The average Bonchev–Trinajstić information content (AvgIpc) is 2.60. The SMILES string of the molecule is CCOCc1ccccc1NC(=O)c1ccc(OC)c(OC(F)F)c1. The first-order valence-electron chi connectivity index (χ1n) is 7.65. The first kappa shape index (κ1) is 18.7. The van der Waals surface area contributed by atoms with E-state index in [2.05, 4.69) is 10.1 Å². The van der Waals surface area contributed by atoms with Gasteiger partial charge in [-0.1, -0.05) is 18.2 Å². The summed E-state index contributed by atoms with van der Waals surface area (Å²) in [5.41, 5.74) is 1.58. The van der Waals surface area contributed by atoms with E-state index in [1.165, 1.54) is 25.3 Å². The molecule has 0 unspecified atom stereocenters. The molecule has 2 aromatic carbocycles. The Labute approximate surface area is 144 Å². The normalized spacial score (nSPS) is 10.6. The maximum absolute atomic E-state index is 12.5. The number of rotatable bonds is 8. The molecule has 0 aromatic heterocycles. The number of anilines is 1. The van der Waals surface area contributed by atoms with Crippen molar-refractivity contribution in [2.45, 2.75) is 20.1 Å². The van der Waals surface area contributed by atoms with E-state index in [0.29, 0.717) is 18.9 Å². The zero-order chi connectivity index (χ0) is 18.2. The third kappa shape index (κ3) is 5.15. The van der Waals surface area contributed by atoms with E-state index in [9.17, 15) is 13.6 Å². The van der Waals surface area contributed by atoms with Gasteiger partial charge in [-0.25, -0.2) is 0 Å². The molecule has 0 heterocycles. The molecule has 0 aliphatic heterocycles.